The molecule has 1 aromatic heterocycles. The monoisotopic (exact) mass is 225 g/mol. The maximum absolute atomic E-state index is 9.25. The lowest BCUT2D eigenvalue weighted by molar-refractivity contribution is 0.211. The van der Waals surface area contributed by atoms with Crippen LogP contribution < -0.4 is 0 Å². The Balaban J connectivity index is 1.95. The Labute approximate surface area is 95.4 Å². The van der Waals surface area contributed by atoms with Crippen LogP contribution in [0.25, 0.3) is 0 Å². The minimum absolute atomic E-state index is 0.201. The minimum Gasteiger partial charge on any atom is -0.396 e. The Morgan fingerprint density at radius 3 is 2.80 bits per heavy atom. The molecule has 0 unspecified atom stereocenters. The first-order valence-electron chi connectivity index (χ1n) is 5.68. The highest BCUT2D eigenvalue weighted by molar-refractivity contribution is 7.09. The Bertz CT molecular complexity index is 328. The van der Waals surface area contributed by atoms with E-state index in [1.165, 1.54) is 23.5 Å². The Kier molecular flexibility index (Phi) is 3.12. The van der Waals surface area contributed by atoms with Gasteiger partial charge in [0, 0.05) is 18.4 Å². The fraction of sp³-hybridized carbons (Fsp3) is 0.750. The standard InChI is InChI=1S/C12H19NOS/c1-9(2)5-10-7-15-11(13-10)6-12(8-14)3-4-12/h7,9,14H,3-6,8H2,1-2H3. The fourth-order valence-corrected chi connectivity index (χ4v) is 2.81. The summed E-state index contributed by atoms with van der Waals surface area (Å²) in [6, 6.07) is 0. The average Bonchev–Trinajstić information content (AvgIpc) is 2.82. The smallest absolute Gasteiger partial charge is 0.0934 e. The van der Waals surface area contributed by atoms with E-state index in [-0.39, 0.29) is 5.41 Å². The second-order valence-electron chi connectivity index (χ2n) is 5.17. The highest BCUT2D eigenvalue weighted by Crippen LogP contribution is 2.48. The van der Waals surface area contributed by atoms with E-state index in [1.807, 2.05) is 0 Å². The van der Waals surface area contributed by atoms with Crippen molar-refractivity contribution in [2.75, 3.05) is 6.61 Å². The zero-order chi connectivity index (χ0) is 10.9. The van der Waals surface area contributed by atoms with Gasteiger partial charge >= 0.3 is 0 Å². The van der Waals surface area contributed by atoms with E-state index in [0.29, 0.717) is 12.5 Å². The van der Waals surface area contributed by atoms with E-state index in [4.69, 9.17) is 0 Å². The molecule has 0 atom stereocenters. The summed E-state index contributed by atoms with van der Waals surface area (Å²) < 4.78 is 0. The third-order valence-corrected chi connectivity index (χ3v) is 3.93. The first-order valence-corrected chi connectivity index (χ1v) is 6.56. The molecule has 0 spiro atoms. The molecule has 0 bridgehead atoms. The fourth-order valence-electron chi connectivity index (χ4n) is 1.83. The summed E-state index contributed by atoms with van der Waals surface area (Å²) in [5.74, 6) is 0.674. The largest absolute Gasteiger partial charge is 0.396 e. The van der Waals surface area contributed by atoms with E-state index in [0.717, 1.165) is 12.8 Å². The van der Waals surface area contributed by atoms with E-state index < -0.39 is 0 Å². The van der Waals surface area contributed by atoms with Crippen molar-refractivity contribution in [3.63, 3.8) is 0 Å². The first kappa shape index (κ1) is 11.1. The summed E-state index contributed by atoms with van der Waals surface area (Å²) in [7, 11) is 0. The molecule has 0 aromatic carbocycles. The van der Waals surface area contributed by atoms with Crippen molar-refractivity contribution in [1.82, 2.24) is 4.98 Å². The zero-order valence-corrected chi connectivity index (χ0v) is 10.3. The summed E-state index contributed by atoms with van der Waals surface area (Å²) in [5.41, 5.74) is 1.42. The predicted molar refractivity (Wildman–Crippen MR) is 63.1 cm³/mol. The molecule has 1 N–H and O–H groups in total. The second kappa shape index (κ2) is 4.22. The molecule has 1 heterocycles. The maximum Gasteiger partial charge on any atom is 0.0934 e. The summed E-state index contributed by atoms with van der Waals surface area (Å²) in [6.45, 7) is 4.76. The van der Waals surface area contributed by atoms with Crippen LogP contribution in [0.3, 0.4) is 0 Å². The number of hydrogen-bond donors (Lipinski definition) is 1. The van der Waals surface area contributed by atoms with E-state index in [2.05, 4.69) is 24.2 Å². The van der Waals surface area contributed by atoms with Gasteiger partial charge in [0.2, 0.25) is 0 Å². The number of nitrogens with zero attached hydrogens (tertiary/aromatic N) is 1. The number of thiazole rings is 1. The van der Waals surface area contributed by atoms with Crippen LogP contribution in [0.1, 0.15) is 37.4 Å². The third kappa shape index (κ3) is 2.79. The SMILES string of the molecule is CC(C)Cc1csc(CC2(CO)CC2)n1. The van der Waals surface area contributed by atoms with Crippen molar-refractivity contribution in [1.29, 1.82) is 0 Å². The highest BCUT2D eigenvalue weighted by Gasteiger charge is 2.42. The van der Waals surface area contributed by atoms with Crippen molar-refractivity contribution >= 4 is 11.3 Å². The maximum atomic E-state index is 9.25. The number of aliphatic hydroxyl groups is 1. The van der Waals surface area contributed by atoms with Crippen LogP contribution in [-0.4, -0.2) is 16.7 Å². The Morgan fingerprint density at radius 1 is 1.53 bits per heavy atom. The van der Waals surface area contributed by atoms with Crippen molar-refractivity contribution in [3.05, 3.63) is 16.1 Å². The molecule has 84 valence electrons. The molecule has 1 fully saturated rings. The van der Waals surface area contributed by atoms with Crippen LogP contribution in [0.4, 0.5) is 0 Å². The molecule has 0 radical (unpaired) electrons. The molecule has 2 rings (SSSR count). The van der Waals surface area contributed by atoms with Gasteiger partial charge in [-0.3, -0.25) is 0 Å². The summed E-state index contributed by atoms with van der Waals surface area (Å²) >= 11 is 1.75. The molecule has 0 saturated heterocycles. The zero-order valence-electron chi connectivity index (χ0n) is 9.49. The predicted octanol–water partition coefficient (Wildman–Crippen LogP) is 2.66. The minimum atomic E-state index is 0.201. The topological polar surface area (TPSA) is 33.1 Å². The number of aliphatic hydroxyl groups excluding tert-OH is 1. The van der Waals surface area contributed by atoms with Crippen LogP contribution in [0.15, 0.2) is 5.38 Å². The molecular weight excluding hydrogens is 206 g/mol. The van der Waals surface area contributed by atoms with Gasteiger partial charge in [0.05, 0.1) is 10.7 Å². The van der Waals surface area contributed by atoms with Crippen LogP contribution in [0.2, 0.25) is 0 Å². The Hall–Kier alpha value is -0.410. The van der Waals surface area contributed by atoms with Gasteiger partial charge in [0.25, 0.3) is 0 Å². The molecule has 1 aliphatic rings. The highest BCUT2D eigenvalue weighted by atomic mass is 32.1. The van der Waals surface area contributed by atoms with Gasteiger partial charge in [-0.15, -0.1) is 11.3 Å². The molecular formula is C12H19NOS. The van der Waals surface area contributed by atoms with Gasteiger partial charge in [-0.2, -0.15) is 0 Å². The molecule has 0 amide bonds. The lowest BCUT2D eigenvalue weighted by atomic mass is 10.1. The molecule has 1 saturated carbocycles. The quantitative estimate of drug-likeness (QED) is 0.835. The Morgan fingerprint density at radius 2 is 2.27 bits per heavy atom. The molecule has 1 aliphatic carbocycles. The summed E-state index contributed by atoms with van der Waals surface area (Å²) in [5, 5.41) is 12.6. The van der Waals surface area contributed by atoms with Crippen molar-refractivity contribution in [2.24, 2.45) is 11.3 Å². The lowest BCUT2D eigenvalue weighted by Crippen LogP contribution is -2.10. The van der Waals surface area contributed by atoms with Crippen LogP contribution >= 0.6 is 11.3 Å². The summed E-state index contributed by atoms with van der Waals surface area (Å²) in [6.07, 6.45) is 4.39. The van der Waals surface area contributed by atoms with Gasteiger partial charge in [0.1, 0.15) is 0 Å². The van der Waals surface area contributed by atoms with Crippen LogP contribution in [0.5, 0.6) is 0 Å². The molecule has 15 heavy (non-hydrogen) atoms. The van der Waals surface area contributed by atoms with Gasteiger partial charge in [-0.25, -0.2) is 4.98 Å². The molecule has 1 aromatic rings. The van der Waals surface area contributed by atoms with Crippen molar-refractivity contribution in [2.45, 2.75) is 39.5 Å². The van der Waals surface area contributed by atoms with Gasteiger partial charge in [-0.1, -0.05) is 13.8 Å². The van der Waals surface area contributed by atoms with E-state index in [9.17, 15) is 5.11 Å². The van der Waals surface area contributed by atoms with Crippen molar-refractivity contribution < 1.29 is 5.11 Å². The number of rotatable bonds is 5. The van der Waals surface area contributed by atoms with Crippen LogP contribution in [-0.2, 0) is 12.8 Å². The van der Waals surface area contributed by atoms with E-state index >= 15 is 0 Å². The van der Waals surface area contributed by atoms with Crippen LogP contribution in [0, 0.1) is 11.3 Å². The second-order valence-corrected chi connectivity index (χ2v) is 6.11. The van der Waals surface area contributed by atoms with E-state index in [1.54, 1.807) is 11.3 Å². The molecule has 3 heteroatoms. The van der Waals surface area contributed by atoms with Gasteiger partial charge in [-0.05, 0) is 30.6 Å². The normalized spacial score (nSPS) is 18.4. The van der Waals surface area contributed by atoms with Gasteiger partial charge in [0.15, 0.2) is 0 Å². The number of aromatic nitrogens is 1. The van der Waals surface area contributed by atoms with Gasteiger partial charge < -0.3 is 5.11 Å². The van der Waals surface area contributed by atoms with Crippen molar-refractivity contribution in [3.8, 4) is 0 Å². The number of hydrogen-bond acceptors (Lipinski definition) is 3. The lowest BCUT2D eigenvalue weighted by Gasteiger charge is -2.07. The third-order valence-electron chi connectivity index (χ3n) is 3.04. The average molecular weight is 225 g/mol. The molecule has 2 nitrogen and oxygen atoms in total. The molecule has 0 aliphatic heterocycles. The first-order chi connectivity index (χ1) is 7.13. The summed E-state index contributed by atoms with van der Waals surface area (Å²) in [4.78, 5) is 4.63.